The molecule has 0 heterocycles. The predicted octanol–water partition coefficient (Wildman–Crippen LogP) is 1.84. The number of carbonyl (C=O) groups is 1. The van der Waals surface area contributed by atoms with Gasteiger partial charge >= 0.3 is 5.97 Å². The van der Waals surface area contributed by atoms with Crippen molar-refractivity contribution < 1.29 is 31.1 Å². The molecule has 0 aromatic heterocycles. The van der Waals surface area contributed by atoms with Gasteiger partial charge in [-0.1, -0.05) is 6.58 Å². The van der Waals surface area contributed by atoms with Gasteiger partial charge in [0, 0.05) is 5.57 Å². The second-order valence-electron chi connectivity index (χ2n) is 5.41. The molecule has 2 rings (SSSR count). The van der Waals surface area contributed by atoms with Crippen LogP contribution >= 0.6 is 0 Å². The molecule has 0 aliphatic heterocycles. The highest BCUT2D eigenvalue weighted by Crippen LogP contribution is 2.20. The number of nitrogens with one attached hydrogen (secondary N) is 1. The zero-order valence-corrected chi connectivity index (χ0v) is 16.1. The number of rotatable bonds is 7. The Morgan fingerprint density at radius 3 is 1.63 bits per heavy atom. The van der Waals surface area contributed by atoms with E-state index in [4.69, 9.17) is 9.47 Å². The van der Waals surface area contributed by atoms with Gasteiger partial charge in [-0.15, -0.1) is 4.13 Å². The summed E-state index contributed by atoms with van der Waals surface area (Å²) >= 11 is 0. The van der Waals surface area contributed by atoms with Crippen LogP contribution in [-0.4, -0.2) is 29.9 Å². The van der Waals surface area contributed by atoms with Crippen LogP contribution in [-0.2, 0) is 24.8 Å². The first-order chi connectivity index (χ1) is 12.5. The number of methoxy groups -OCH3 is 1. The quantitative estimate of drug-likeness (QED) is 0.420. The van der Waals surface area contributed by atoms with Crippen LogP contribution in [0.25, 0.3) is 0 Å². The van der Waals surface area contributed by atoms with Crippen LogP contribution in [0.3, 0.4) is 0 Å². The third-order valence-corrected chi connectivity index (χ3v) is 6.82. The predicted molar refractivity (Wildman–Crippen MR) is 97.4 cm³/mol. The minimum atomic E-state index is -4.37. The molecule has 2 aromatic rings. The zero-order chi connectivity index (χ0) is 20.2. The van der Waals surface area contributed by atoms with E-state index in [1.165, 1.54) is 50.4 Å². The number of ether oxygens (including phenoxy) is 2. The van der Waals surface area contributed by atoms with Gasteiger partial charge in [0.15, 0.2) is 0 Å². The van der Waals surface area contributed by atoms with Crippen molar-refractivity contribution in [2.45, 2.75) is 16.7 Å². The van der Waals surface area contributed by atoms with Crippen LogP contribution in [0.1, 0.15) is 6.92 Å². The summed E-state index contributed by atoms with van der Waals surface area (Å²) in [7, 11) is -7.27. The van der Waals surface area contributed by atoms with Crippen molar-refractivity contribution in [1.29, 1.82) is 0 Å². The molecule has 0 aliphatic rings. The Labute approximate surface area is 157 Å². The molecule has 0 amide bonds. The molecular formula is C17H17NO7S2. The molecule has 0 aliphatic carbocycles. The Hall–Kier alpha value is -2.69. The fourth-order valence-electron chi connectivity index (χ4n) is 1.88. The van der Waals surface area contributed by atoms with Crippen LogP contribution < -0.4 is 13.6 Å². The number of carbonyl (C=O) groups excluding carboxylic acids is 1. The largest absolute Gasteiger partial charge is 0.497 e. The summed E-state index contributed by atoms with van der Waals surface area (Å²) in [5, 5.41) is 0. The topological polar surface area (TPSA) is 116 Å². The lowest BCUT2D eigenvalue weighted by molar-refractivity contribution is -0.130. The SMILES string of the molecule is C=C(C)C(=O)Oc1ccc(S(=O)(=O)NS(=O)(=O)c2ccc(OC)cc2)cc1. The molecule has 2 aromatic carbocycles. The van der Waals surface area contributed by atoms with E-state index >= 15 is 0 Å². The average Bonchev–Trinajstić information content (AvgIpc) is 2.61. The second kappa shape index (κ2) is 7.91. The number of hydrogen-bond acceptors (Lipinski definition) is 7. The van der Waals surface area contributed by atoms with E-state index in [0.717, 1.165) is 12.1 Å². The summed E-state index contributed by atoms with van der Waals surface area (Å²) in [4.78, 5) is 10.9. The summed E-state index contributed by atoms with van der Waals surface area (Å²) in [6.45, 7) is 4.90. The Balaban J connectivity index is 2.22. The lowest BCUT2D eigenvalue weighted by Gasteiger charge is -2.09. The van der Waals surface area contributed by atoms with E-state index in [1.54, 1.807) is 4.13 Å². The van der Waals surface area contributed by atoms with Crippen LogP contribution in [0.4, 0.5) is 0 Å². The lowest BCUT2D eigenvalue weighted by Crippen LogP contribution is -2.30. The molecule has 144 valence electrons. The zero-order valence-electron chi connectivity index (χ0n) is 14.5. The van der Waals surface area contributed by atoms with Gasteiger partial charge in [-0.3, -0.25) is 0 Å². The molecule has 27 heavy (non-hydrogen) atoms. The van der Waals surface area contributed by atoms with Crippen molar-refractivity contribution in [1.82, 2.24) is 4.13 Å². The normalized spacial score (nSPS) is 11.6. The molecular weight excluding hydrogens is 394 g/mol. The maximum Gasteiger partial charge on any atom is 0.338 e. The van der Waals surface area contributed by atoms with Gasteiger partial charge < -0.3 is 9.47 Å². The molecule has 0 radical (unpaired) electrons. The minimum Gasteiger partial charge on any atom is -0.497 e. The fraction of sp³-hybridized carbons (Fsp3) is 0.118. The summed E-state index contributed by atoms with van der Waals surface area (Å²) in [5.41, 5.74) is 0.180. The summed E-state index contributed by atoms with van der Waals surface area (Å²) < 4.78 is 60.8. The second-order valence-corrected chi connectivity index (χ2v) is 9.03. The molecule has 0 unspecified atom stereocenters. The van der Waals surface area contributed by atoms with Gasteiger partial charge in [0.2, 0.25) is 0 Å². The van der Waals surface area contributed by atoms with Crippen LogP contribution in [0.15, 0.2) is 70.5 Å². The highest BCUT2D eigenvalue weighted by atomic mass is 32.3. The Bertz CT molecular complexity index is 1060. The van der Waals surface area contributed by atoms with Gasteiger partial charge in [0.25, 0.3) is 20.0 Å². The van der Waals surface area contributed by atoms with E-state index in [0.29, 0.717) is 5.75 Å². The molecule has 0 saturated carbocycles. The van der Waals surface area contributed by atoms with E-state index < -0.39 is 26.0 Å². The Morgan fingerprint density at radius 2 is 1.26 bits per heavy atom. The van der Waals surface area contributed by atoms with Crippen molar-refractivity contribution in [2.24, 2.45) is 0 Å². The highest BCUT2D eigenvalue weighted by Gasteiger charge is 2.24. The van der Waals surface area contributed by atoms with Gasteiger partial charge in [-0.05, 0) is 55.5 Å². The molecule has 0 bridgehead atoms. The van der Waals surface area contributed by atoms with Crippen molar-refractivity contribution in [3.8, 4) is 11.5 Å². The summed E-state index contributed by atoms with van der Waals surface area (Å²) in [6.07, 6.45) is 0. The van der Waals surface area contributed by atoms with Gasteiger partial charge in [-0.25, -0.2) is 21.6 Å². The molecule has 0 saturated heterocycles. The smallest absolute Gasteiger partial charge is 0.338 e. The third-order valence-electron chi connectivity index (χ3n) is 3.28. The Morgan fingerprint density at radius 1 is 0.852 bits per heavy atom. The fourth-order valence-corrected chi connectivity index (χ4v) is 4.79. The number of hydrogen-bond donors (Lipinski definition) is 1. The van der Waals surface area contributed by atoms with Crippen molar-refractivity contribution >= 4 is 26.0 Å². The monoisotopic (exact) mass is 411 g/mol. The number of sulfonamides is 2. The first kappa shape index (κ1) is 20.6. The first-order valence-corrected chi connectivity index (χ1v) is 10.4. The number of benzene rings is 2. The molecule has 0 fully saturated rings. The maximum absolute atomic E-state index is 12.3. The third kappa shape index (κ3) is 5.16. The van der Waals surface area contributed by atoms with Crippen molar-refractivity contribution in [2.75, 3.05) is 7.11 Å². The lowest BCUT2D eigenvalue weighted by atomic mass is 10.3. The van der Waals surface area contributed by atoms with Gasteiger partial charge in [0.1, 0.15) is 11.5 Å². The van der Waals surface area contributed by atoms with E-state index in [1.807, 2.05) is 0 Å². The highest BCUT2D eigenvalue weighted by molar-refractivity contribution is 8.04. The molecule has 0 spiro atoms. The molecule has 8 nitrogen and oxygen atoms in total. The molecule has 10 heteroatoms. The first-order valence-electron chi connectivity index (χ1n) is 7.45. The van der Waals surface area contributed by atoms with Crippen LogP contribution in [0.5, 0.6) is 11.5 Å². The standard InChI is InChI=1S/C17H17NO7S2/c1-12(2)17(19)25-14-6-10-16(11-7-14)27(22,23)18-26(20,21)15-8-4-13(24-3)5-9-15/h4-11,18H,1H2,2-3H3. The van der Waals surface area contributed by atoms with Crippen LogP contribution in [0, 0.1) is 0 Å². The van der Waals surface area contributed by atoms with Gasteiger partial charge in [-0.2, -0.15) is 0 Å². The van der Waals surface area contributed by atoms with E-state index in [-0.39, 0.29) is 21.1 Å². The Kier molecular flexibility index (Phi) is 6.04. The minimum absolute atomic E-state index is 0.0972. The molecule has 1 N–H and O–H groups in total. The molecule has 0 atom stereocenters. The van der Waals surface area contributed by atoms with E-state index in [2.05, 4.69) is 6.58 Å². The van der Waals surface area contributed by atoms with Crippen LogP contribution in [0.2, 0.25) is 0 Å². The average molecular weight is 411 g/mol. The summed E-state index contributed by atoms with van der Waals surface area (Å²) in [5.74, 6) is -0.137. The van der Waals surface area contributed by atoms with Gasteiger partial charge in [0.05, 0.1) is 16.9 Å². The maximum atomic E-state index is 12.3. The van der Waals surface area contributed by atoms with E-state index in [9.17, 15) is 21.6 Å². The van der Waals surface area contributed by atoms with Crippen molar-refractivity contribution in [3.05, 3.63) is 60.7 Å². The van der Waals surface area contributed by atoms with Crippen molar-refractivity contribution in [3.63, 3.8) is 0 Å². The number of esters is 1. The summed E-state index contributed by atoms with van der Waals surface area (Å²) in [6, 6.07) is 9.93.